The molecule has 11 atom stereocenters. The lowest BCUT2D eigenvalue weighted by Crippen LogP contribution is -2.53. The summed E-state index contributed by atoms with van der Waals surface area (Å²) in [4.78, 5) is 3.05. The minimum Gasteiger partial charge on any atom is -0.294 e. The first kappa shape index (κ1) is 34.2. The van der Waals surface area contributed by atoms with Crippen LogP contribution in [-0.2, 0) is 0 Å². The first-order chi connectivity index (χ1) is 23.5. The summed E-state index contributed by atoms with van der Waals surface area (Å²) in [5.74, 6) is 5.59. The van der Waals surface area contributed by atoms with Crippen molar-refractivity contribution in [3.8, 4) is 0 Å². The zero-order valence-electron chi connectivity index (χ0n) is 29.8. The quantitative estimate of drug-likeness (QED) is 0.280. The molecule has 0 bridgehead atoms. The van der Waals surface area contributed by atoms with Crippen LogP contribution >= 0.6 is 23.5 Å². The number of nitrogens with zero attached hydrogens (tertiary/aromatic N) is 1. The first-order valence-electron chi connectivity index (χ1n) is 21.5. The average Bonchev–Trinajstić information content (AvgIpc) is 3.68. The molecule has 0 radical (unpaired) electrons. The Bertz CT molecular complexity index is 1060. The van der Waals surface area contributed by atoms with Crippen LogP contribution < -0.4 is 0 Å². The summed E-state index contributed by atoms with van der Waals surface area (Å²) in [5.41, 5.74) is 0. The molecule has 0 N–H and O–H groups in total. The van der Waals surface area contributed by atoms with E-state index in [-0.39, 0.29) is 18.8 Å². The summed E-state index contributed by atoms with van der Waals surface area (Å²) in [6.45, 7) is 0. The van der Waals surface area contributed by atoms with Gasteiger partial charge in [0.15, 0.2) is 0 Å². The van der Waals surface area contributed by atoms with E-state index in [0.29, 0.717) is 12.1 Å². The lowest BCUT2D eigenvalue weighted by atomic mass is 9.62. The van der Waals surface area contributed by atoms with E-state index in [0.717, 1.165) is 88.2 Å². The molecule has 0 aromatic rings. The largest absolute Gasteiger partial charge is 0.294 e. The molecule has 2 aliphatic heterocycles. The van der Waals surface area contributed by atoms with E-state index in [1.165, 1.54) is 109 Å². The lowest BCUT2D eigenvalue weighted by Gasteiger charge is -2.51. The zero-order valence-corrected chi connectivity index (χ0v) is 31.4. The van der Waals surface area contributed by atoms with Gasteiger partial charge in [-0.3, -0.25) is 4.90 Å². The van der Waals surface area contributed by atoms with Gasteiger partial charge in [-0.25, -0.2) is 13.2 Å². The van der Waals surface area contributed by atoms with Crippen molar-refractivity contribution in [2.45, 2.75) is 212 Å². The van der Waals surface area contributed by atoms with Gasteiger partial charge < -0.3 is 0 Å². The molecule has 7 saturated carbocycles. The summed E-state index contributed by atoms with van der Waals surface area (Å²) < 4.78 is 43.8. The molecule has 0 spiro atoms. The normalized spacial score (nSPS) is 53.1. The molecule has 2 heterocycles. The fourth-order valence-electron chi connectivity index (χ4n) is 14.7. The van der Waals surface area contributed by atoms with Gasteiger partial charge in [-0.05, 0) is 144 Å². The predicted molar refractivity (Wildman–Crippen MR) is 197 cm³/mol. The van der Waals surface area contributed by atoms with Crippen molar-refractivity contribution in [3.05, 3.63) is 0 Å². The van der Waals surface area contributed by atoms with Crippen LogP contribution in [0.3, 0.4) is 0 Å². The lowest BCUT2D eigenvalue weighted by molar-refractivity contribution is -0.0343. The van der Waals surface area contributed by atoms with Gasteiger partial charge in [0.2, 0.25) is 0 Å². The fourth-order valence-corrected chi connectivity index (χ4v) is 19.5. The number of rotatable bonds is 5. The zero-order chi connectivity index (χ0) is 32.4. The molecule has 11 unspecified atom stereocenters. The molecule has 9 fully saturated rings. The van der Waals surface area contributed by atoms with Gasteiger partial charge in [0, 0.05) is 57.9 Å². The van der Waals surface area contributed by atoms with Crippen molar-refractivity contribution >= 4 is 23.5 Å². The summed E-state index contributed by atoms with van der Waals surface area (Å²) in [6.07, 6.45) is 26.2. The highest BCUT2D eigenvalue weighted by molar-refractivity contribution is 8.02. The van der Waals surface area contributed by atoms with Crippen LogP contribution in [0.15, 0.2) is 0 Å². The van der Waals surface area contributed by atoms with Crippen LogP contribution in [0.5, 0.6) is 0 Å². The molecule has 9 rings (SSSR count). The van der Waals surface area contributed by atoms with Crippen LogP contribution in [0.25, 0.3) is 0 Å². The van der Waals surface area contributed by atoms with Crippen molar-refractivity contribution < 1.29 is 13.2 Å². The Kier molecular flexibility index (Phi) is 10.5. The Morgan fingerprint density at radius 3 is 1.71 bits per heavy atom. The van der Waals surface area contributed by atoms with E-state index in [2.05, 4.69) is 28.4 Å². The van der Waals surface area contributed by atoms with E-state index in [1.807, 2.05) is 0 Å². The Morgan fingerprint density at radius 2 is 0.979 bits per heavy atom. The second-order valence-electron chi connectivity index (χ2n) is 18.9. The van der Waals surface area contributed by atoms with E-state index < -0.39 is 24.4 Å². The van der Waals surface area contributed by atoms with Crippen LogP contribution in [0, 0.1) is 47.3 Å². The maximum absolute atomic E-state index is 15.0. The number of alkyl halides is 3. The first-order valence-corrected chi connectivity index (χ1v) is 23.4. The summed E-state index contributed by atoms with van der Waals surface area (Å²) >= 11 is 5.04. The number of halogens is 3. The Morgan fingerprint density at radius 1 is 0.396 bits per heavy atom. The molecule has 0 aromatic heterocycles. The molecular weight excluding hydrogens is 640 g/mol. The van der Waals surface area contributed by atoms with Crippen LogP contribution in [0.4, 0.5) is 13.2 Å². The summed E-state index contributed by atoms with van der Waals surface area (Å²) in [6, 6.07) is 2.03. The Hall–Kier alpha value is 0.450. The monoisotopic (exact) mass is 705 g/mol. The molecule has 0 amide bonds. The van der Waals surface area contributed by atoms with Crippen LogP contribution in [-0.4, -0.2) is 62.5 Å². The van der Waals surface area contributed by atoms with E-state index in [1.54, 1.807) is 6.42 Å². The number of fused-ring (bicyclic) bond motifs is 7. The van der Waals surface area contributed by atoms with Gasteiger partial charge in [-0.1, -0.05) is 38.5 Å². The van der Waals surface area contributed by atoms with Crippen molar-refractivity contribution in [2.24, 2.45) is 47.3 Å². The summed E-state index contributed by atoms with van der Waals surface area (Å²) in [7, 11) is 0. The highest BCUT2D eigenvalue weighted by Crippen LogP contribution is 2.66. The van der Waals surface area contributed by atoms with Gasteiger partial charge in [0.25, 0.3) is 0 Å². The molecule has 0 aromatic carbocycles. The smallest absolute Gasteiger partial charge is 0.109 e. The minimum absolute atomic E-state index is 0.0774. The SMILES string of the molecule is FC1CC(F)C(C2CCC(N(C3CCCCC3)C3CCC(C4CCCC5C6CCC7SC8CCCCC8C7C6SC45)CC3)CC2)C(F)C1. The fraction of sp³-hybridized carbons (Fsp3) is 1.00. The molecule has 272 valence electrons. The van der Waals surface area contributed by atoms with Crippen molar-refractivity contribution in [2.75, 3.05) is 0 Å². The second-order valence-corrected chi connectivity index (χ2v) is 21.7. The van der Waals surface area contributed by atoms with Crippen LogP contribution in [0.1, 0.15) is 154 Å². The number of thioether (sulfide) groups is 2. The Balaban J connectivity index is 0.849. The third kappa shape index (κ3) is 6.40. The maximum atomic E-state index is 15.0. The predicted octanol–water partition coefficient (Wildman–Crippen LogP) is 11.8. The van der Waals surface area contributed by atoms with Crippen LogP contribution in [0.2, 0.25) is 0 Å². The topological polar surface area (TPSA) is 3.24 Å². The van der Waals surface area contributed by atoms with E-state index in [4.69, 9.17) is 0 Å². The maximum Gasteiger partial charge on any atom is 0.109 e. The van der Waals surface area contributed by atoms with Gasteiger partial charge >= 0.3 is 0 Å². The molecule has 2 saturated heterocycles. The number of hydrogen-bond donors (Lipinski definition) is 0. The highest BCUT2D eigenvalue weighted by atomic mass is 32.2. The molecule has 6 heteroatoms. The third-order valence-electron chi connectivity index (χ3n) is 16.7. The van der Waals surface area contributed by atoms with Gasteiger partial charge in [-0.2, -0.15) is 23.5 Å². The molecule has 1 nitrogen and oxygen atoms in total. The molecule has 9 aliphatic rings. The minimum atomic E-state index is -1.29. The van der Waals surface area contributed by atoms with E-state index >= 15 is 0 Å². The standard InChI is InChI=1S/C42H66F3NS2/c43-27-23-35(44)39(36(45)24-27)26-15-19-30(20-16-26)46(28-7-2-1-3-8-28)29-17-13-25(14-18-29)31-10-6-11-32-33-21-22-38-40(42(33)48-41(31)32)34-9-4-5-12-37(34)47-38/h25-42H,1-24H2. The van der Waals surface area contributed by atoms with Crippen molar-refractivity contribution in [1.29, 1.82) is 0 Å². The van der Waals surface area contributed by atoms with Crippen molar-refractivity contribution in [1.82, 2.24) is 4.90 Å². The van der Waals surface area contributed by atoms with Gasteiger partial charge in [0.05, 0.1) is 0 Å². The molecule has 7 aliphatic carbocycles. The number of hydrogen-bond acceptors (Lipinski definition) is 3. The van der Waals surface area contributed by atoms with Gasteiger partial charge in [-0.15, -0.1) is 0 Å². The average molecular weight is 706 g/mol. The third-order valence-corrected chi connectivity index (χ3v) is 20.5. The van der Waals surface area contributed by atoms with Crippen molar-refractivity contribution in [3.63, 3.8) is 0 Å². The molecule has 48 heavy (non-hydrogen) atoms. The van der Waals surface area contributed by atoms with E-state index in [9.17, 15) is 13.2 Å². The summed E-state index contributed by atoms with van der Waals surface area (Å²) in [5, 5.41) is 3.93. The Labute approximate surface area is 299 Å². The second kappa shape index (κ2) is 14.7. The highest BCUT2D eigenvalue weighted by Gasteiger charge is 2.59. The molecular formula is C42H66F3NS2. The van der Waals surface area contributed by atoms with Gasteiger partial charge in [0.1, 0.15) is 18.5 Å².